The highest BCUT2D eigenvalue weighted by atomic mass is 16.4. The van der Waals surface area contributed by atoms with E-state index in [-0.39, 0.29) is 30.4 Å². The summed E-state index contributed by atoms with van der Waals surface area (Å²) in [5.41, 5.74) is 0. The highest BCUT2D eigenvalue weighted by molar-refractivity contribution is 5.81. The Kier molecular flexibility index (Phi) is 4.68. The van der Waals surface area contributed by atoms with Crippen LogP contribution < -0.4 is 5.32 Å². The molecular weight excluding hydrogens is 274 g/mol. The number of likely N-dealkylation sites (tertiary alicyclic amines) is 1. The van der Waals surface area contributed by atoms with Gasteiger partial charge in [0.05, 0.1) is 6.54 Å². The smallest absolute Gasteiger partial charge is 0.323 e. The lowest BCUT2D eigenvalue weighted by Crippen LogP contribution is -2.57. The van der Waals surface area contributed by atoms with Crippen LogP contribution in [-0.2, 0) is 9.59 Å². The van der Waals surface area contributed by atoms with Gasteiger partial charge in [-0.05, 0) is 18.8 Å². The Balaban J connectivity index is 1.98. The molecule has 0 radical (unpaired) electrons. The zero-order valence-corrected chi connectivity index (χ0v) is 11.7. The summed E-state index contributed by atoms with van der Waals surface area (Å²) in [6, 6.07) is -0.221. The van der Waals surface area contributed by atoms with Gasteiger partial charge >= 0.3 is 12.0 Å². The Morgan fingerprint density at radius 1 is 1.48 bits per heavy atom. The normalized spacial score (nSPS) is 24.5. The molecule has 2 rings (SSSR count). The van der Waals surface area contributed by atoms with Gasteiger partial charge in [0, 0.05) is 25.6 Å². The first kappa shape index (κ1) is 15.2. The maximum absolute atomic E-state index is 12.4. The Morgan fingerprint density at radius 3 is 2.90 bits per heavy atom. The van der Waals surface area contributed by atoms with Crippen molar-refractivity contribution >= 4 is 17.9 Å². The van der Waals surface area contributed by atoms with Crippen LogP contribution in [0.3, 0.4) is 0 Å². The summed E-state index contributed by atoms with van der Waals surface area (Å²) in [5, 5.41) is 11.8. The first-order valence-electron chi connectivity index (χ1n) is 6.99. The molecule has 0 spiro atoms. The van der Waals surface area contributed by atoms with Gasteiger partial charge in [0.25, 0.3) is 0 Å². The third kappa shape index (κ3) is 3.66. The van der Waals surface area contributed by atoms with Crippen LogP contribution in [0.25, 0.3) is 0 Å². The molecule has 2 aliphatic heterocycles. The minimum absolute atomic E-state index is 0.0214. The number of terminal acetylenes is 1. The molecule has 114 valence electrons. The van der Waals surface area contributed by atoms with Crippen LogP contribution >= 0.6 is 0 Å². The standard InChI is InChI=1S/C14H19N3O4/c1-2-6-16(9-13(19)20)14(21)17-7-5-11-10(8-17)3-4-12(18)15-11/h1,10-11H,3-9H2,(H,15,18)(H,19,20). The second-order valence-electron chi connectivity index (χ2n) is 5.44. The van der Waals surface area contributed by atoms with Crippen molar-refractivity contribution in [3.63, 3.8) is 0 Å². The molecule has 0 bridgehead atoms. The summed E-state index contributed by atoms with van der Waals surface area (Å²) in [6.07, 6.45) is 7.12. The summed E-state index contributed by atoms with van der Waals surface area (Å²) < 4.78 is 0. The topological polar surface area (TPSA) is 90.0 Å². The van der Waals surface area contributed by atoms with E-state index < -0.39 is 12.5 Å². The highest BCUT2D eigenvalue weighted by Crippen LogP contribution is 2.25. The third-order valence-electron chi connectivity index (χ3n) is 3.97. The minimum atomic E-state index is -1.08. The lowest BCUT2D eigenvalue weighted by Gasteiger charge is -2.42. The van der Waals surface area contributed by atoms with Gasteiger partial charge in [0.15, 0.2) is 0 Å². The van der Waals surface area contributed by atoms with Gasteiger partial charge in [-0.3, -0.25) is 9.59 Å². The van der Waals surface area contributed by atoms with Crippen LogP contribution in [0, 0.1) is 18.3 Å². The number of carboxylic acids is 1. The summed E-state index contributed by atoms with van der Waals surface area (Å²) in [4.78, 5) is 37.3. The van der Waals surface area contributed by atoms with E-state index in [9.17, 15) is 14.4 Å². The van der Waals surface area contributed by atoms with Crippen molar-refractivity contribution in [1.82, 2.24) is 15.1 Å². The number of fused-ring (bicyclic) bond motifs is 1. The Morgan fingerprint density at radius 2 is 2.24 bits per heavy atom. The van der Waals surface area contributed by atoms with Crippen molar-refractivity contribution in [2.75, 3.05) is 26.2 Å². The lowest BCUT2D eigenvalue weighted by atomic mass is 9.85. The number of carboxylic acid groups (broad SMARTS) is 1. The predicted molar refractivity (Wildman–Crippen MR) is 74.3 cm³/mol. The van der Waals surface area contributed by atoms with Gasteiger partial charge in [0.1, 0.15) is 6.54 Å². The second-order valence-corrected chi connectivity index (χ2v) is 5.44. The summed E-state index contributed by atoms with van der Waals surface area (Å²) in [6.45, 7) is 0.613. The summed E-state index contributed by atoms with van der Waals surface area (Å²) in [5.74, 6) is 1.53. The Bertz CT molecular complexity index is 485. The Labute approximate surface area is 123 Å². The maximum atomic E-state index is 12.4. The van der Waals surface area contributed by atoms with Crippen LogP contribution in [0.15, 0.2) is 0 Å². The first-order valence-corrected chi connectivity index (χ1v) is 6.99. The molecule has 2 aliphatic rings. The van der Waals surface area contributed by atoms with E-state index in [2.05, 4.69) is 11.2 Å². The fraction of sp³-hybridized carbons (Fsp3) is 0.643. The minimum Gasteiger partial charge on any atom is -0.480 e. The molecule has 2 N–H and O–H groups in total. The average Bonchev–Trinajstić information content (AvgIpc) is 2.45. The molecular formula is C14H19N3O4. The van der Waals surface area contributed by atoms with E-state index in [4.69, 9.17) is 11.5 Å². The van der Waals surface area contributed by atoms with Crippen LogP contribution in [0.1, 0.15) is 19.3 Å². The number of aliphatic carboxylic acids is 1. The average molecular weight is 293 g/mol. The van der Waals surface area contributed by atoms with Crippen molar-refractivity contribution in [3.8, 4) is 12.3 Å². The van der Waals surface area contributed by atoms with E-state index in [0.717, 1.165) is 11.3 Å². The molecule has 2 unspecified atom stereocenters. The van der Waals surface area contributed by atoms with Gasteiger partial charge in [-0.2, -0.15) is 0 Å². The van der Waals surface area contributed by atoms with Crippen molar-refractivity contribution in [3.05, 3.63) is 0 Å². The number of carbonyl (C=O) groups is 3. The lowest BCUT2D eigenvalue weighted by molar-refractivity contribution is -0.137. The van der Waals surface area contributed by atoms with E-state index in [1.54, 1.807) is 4.90 Å². The number of hydrogen-bond acceptors (Lipinski definition) is 3. The fourth-order valence-electron chi connectivity index (χ4n) is 2.95. The summed E-state index contributed by atoms with van der Waals surface area (Å²) in [7, 11) is 0. The molecule has 2 saturated heterocycles. The number of rotatable bonds is 3. The van der Waals surface area contributed by atoms with Crippen LogP contribution in [0.4, 0.5) is 4.79 Å². The number of hydrogen-bond donors (Lipinski definition) is 2. The maximum Gasteiger partial charge on any atom is 0.323 e. The number of nitrogens with one attached hydrogen (secondary N) is 1. The van der Waals surface area contributed by atoms with Gasteiger partial charge in [-0.25, -0.2) is 4.79 Å². The molecule has 2 heterocycles. The van der Waals surface area contributed by atoms with E-state index in [1.165, 1.54) is 0 Å². The monoisotopic (exact) mass is 293 g/mol. The van der Waals surface area contributed by atoms with Gasteiger partial charge in [0.2, 0.25) is 5.91 Å². The third-order valence-corrected chi connectivity index (χ3v) is 3.97. The van der Waals surface area contributed by atoms with Crippen LogP contribution in [0.2, 0.25) is 0 Å². The predicted octanol–water partition coefficient (Wildman–Crippen LogP) is -0.273. The number of piperidine rings is 2. The number of urea groups is 1. The molecule has 7 nitrogen and oxygen atoms in total. The fourth-order valence-corrected chi connectivity index (χ4v) is 2.95. The van der Waals surface area contributed by atoms with Gasteiger partial charge < -0.3 is 20.2 Å². The van der Waals surface area contributed by atoms with E-state index in [1.807, 2.05) is 0 Å². The van der Waals surface area contributed by atoms with Crippen molar-refractivity contribution < 1.29 is 19.5 Å². The molecule has 0 aromatic rings. The van der Waals surface area contributed by atoms with Crippen molar-refractivity contribution in [2.45, 2.75) is 25.3 Å². The molecule has 21 heavy (non-hydrogen) atoms. The zero-order chi connectivity index (χ0) is 15.4. The molecule has 0 aromatic carbocycles. The molecule has 0 aliphatic carbocycles. The van der Waals surface area contributed by atoms with Crippen LogP contribution in [-0.4, -0.2) is 65.0 Å². The van der Waals surface area contributed by atoms with E-state index in [0.29, 0.717) is 25.9 Å². The second kappa shape index (κ2) is 6.48. The van der Waals surface area contributed by atoms with E-state index >= 15 is 0 Å². The van der Waals surface area contributed by atoms with Crippen LogP contribution in [0.5, 0.6) is 0 Å². The molecule has 0 aromatic heterocycles. The molecule has 2 fully saturated rings. The summed E-state index contributed by atoms with van der Waals surface area (Å²) >= 11 is 0. The zero-order valence-electron chi connectivity index (χ0n) is 11.7. The largest absolute Gasteiger partial charge is 0.480 e. The molecule has 3 amide bonds. The molecule has 7 heteroatoms. The first-order chi connectivity index (χ1) is 10.0. The van der Waals surface area contributed by atoms with Gasteiger partial charge in [-0.15, -0.1) is 6.42 Å². The number of nitrogens with zero attached hydrogens (tertiary/aromatic N) is 2. The molecule has 2 atom stereocenters. The number of amides is 3. The quantitative estimate of drug-likeness (QED) is 0.701. The SMILES string of the molecule is C#CCN(CC(=O)O)C(=O)N1CCC2NC(=O)CCC2C1. The molecule has 0 saturated carbocycles. The highest BCUT2D eigenvalue weighted by Gasteiger charge is 2.36. The van der Waals surface area contributed by atoms with Crippen molar-refractivity contribution in [1.29, 1.82) is 0 Å². The Hall–Kier alpha value is -2.23. The number of carbonyl (C=O) groups excluding carboxylic acids is 2. The van der Waals surface area contributed by atoms with Crippen molar-refractivity contribution in [2.24, 2.45) is 5.92 Å². The van der Waals surface area contributed by atoms with Gasteiger partial charge in [-0.1, -0.05) is 5.92 Å².